The lowest BCUT2D eigenvalue weighted by atomic mass is 9.41. The largest absolute Gasteiger partial charge is 0.517 e. The molecule has 4 saturated heterocycles. The number of aromatic nitrogens is 5. The quantitative estimate of drug-likeness (QED) is 0.156. The van der Waals surface area contributed by atoms with Gasteiger partial charge in [0.05, 0.1) is 38.6 Å². The van der Waals surface area contributed by atoms with Crippen molar-refractivity contribution in [2.24, 2.45) is 10.0 Å². The Morgan fingerprint density at radius 2 is 0.399 bits per heavy atom. The normalized spacial score (nSPS) is 19.4. The maximum atomic E-state index is 4.89. The van der Waals surface area contributed by atoms with Gasteiger partial charge in [0, 0.05) is 84.5 Å². The minimum absolute atomic E-state index is 0.00460. The highest BCUT2D eigenvalue weighted by Crippen LogP contribution is 2.44. The highest BCUT2D eigenvalue weighted by Gasteiger charge is 2.57. The molecule has 0 radical (unpaired) electrons. The minimum atomic E-state index is -0.272. The highest BCUT2D eigenvalue weighted by atomic mass is 15.5. The average Bonchev–Trinajstić information content (AvgIpc) is 1.70. The van der Waals surface area contributed by atoms with Crippen LogP contribution in [0, 0.1) is 0 Å². The number of nitrogens with zero attached hydrogens (tertiary/aromatic N) is 23. The van der Waals surface area contributed by atoms with Crippen molar-refractivity contribution in [1.29, 1.82) is 0 Å². The first kappa shape index (κ1) is 86.9. The van der Waals surface area contributed by atoms with E-state index in [1.54, 1.807) is 0 Å². The van der Waals surface area contributed by atoms with Crippen LogP contribution in [0.1, 0.15) is 0 Å². The van der Waals surface area contributed by atoms with Gasteiger partial charge in [-0.1, -0.05) is 260 Å². The topological polar surface area (TPSA) is 109 Å². The fourth-order valence-corrected chi connectivity index (χ4v) is 25.1. The van der Waals surface area contributed by atoms with Crippen molar-refractivity contribution in [3.8, 4) is 0 Å². The maximum absolute atomic E-state index is 4.89. The second-order valence-electron chi connectivity index (χ2n) is 39.2. The van der Waals surface area contributed by atoms with Crippen molar-refractivity contribution < 1.29 is 0 Å². The van der Waals surface area contributed by atoms with Crippen LogP contribution in [0.5, 0.6) is 0 Å². The Hall–Kier alpha value is -17.7. The molecule has 39 heteroatoms. The summed E-state index contributed by atoms with van der Waals surface area (Å²) >= 11 is 0. The molecular weight excluding hydrogens is 1800 g/mol. The van der Waals surface area contributed by atoms with E-state index in [1.807, 2.05) is 36.8 Å². The second kappa shape index (κ2) is 36.2. The van der Waals surface area contributed by atoms with Gasteiger partial charge < -0.3 is 94.3 Å². The summed E-state index contributed by atoms with van der Waals surface area (Å²) < 4.78 is 46.0. The summed E-state index contributed by atoms with van der Waals surface area (Å²) in [6, 6.07) is 64.9. The van der Waals surface area contributed by atoms with Gasteiger partial charge in [-0.25, -0.2) is 10.1 Å². The molecule has 20 aliphatic rings. The average molecular weight is 1890 g/mol. The predicted octanol–water partition coefficient (Wildman–Crippen LogP) is 17.3. The fourth-order valence-electron chi connectivity index (χ4n) is 25.1. The third kappa shape index (κ3) is 14.2. The summed E-state index contributed by atoms with van der Waals surface area (Å²) in [4.78, 5) is 11.8. The Kier molecular flexibility index (Phi) is 21.3. The zero-order valence-corrected chi connectivity index (χ0v) is 80.9. The van der Waals surface area contributed by atoms with Crippen molar-refractivity contribution in [3.05, 3.63) is 529 Å². The number of para-hydroxylation sites is 7. The van der Waals surface area contributed by atoms with E-state index in [4.69, 9.17) is 15.0 Å². The highest BCUT2D eigenvalue weighted by molar-refractivity contribution is 6.96. The van der Waals surface area contributed by atoms with E-state index >= 15 is 0 Å². The van der Waals surface area contributed by atoms with Gasteiger partial charge in [-0.15, -0.1) is 0 Å². The van der Waals surface area contributed by atoms with Crippen molar-refractivity contribution in [2.45, 2.75) is 0 Å². The van der Waals surface area contributed by atoms with E-state index in [2.05, 4.69) is 598 Å². The van der Waals surface area contributed by atoms with Gasteiger partial charge in [0.1, 0.15) is 5.65 Å². The zero-order chi connectivity index (χ0) is 97.4. The summed E-state index contributed by atoms with van der Waals surface area (Å²) in [5, 5.41) is 14.8. The van der Waals surface area contributed by atoms with Gasteiger partial charge in [0.2, 0.25) is 0 Å². The Morgan fingerprint density at radius 1 is 0.176 bits per heavy atom. The van der Waals surface area contributed by atoms with E-state index in [1.165, 1.54) is 93.1 Å². The molecule has 148 heavy (non-hydrogen) atoms. The molecular formula is C109H89B16N23. The third-order valence-corrected chi connectivity index (χ3v) is 31.4. The van der Waals surface area contributed by atoms with E-state index < -0.39 is 0 Å². The molecule has 0 unspecified atom stereocenters. The van der Waals surface area contributed by atoms with E-state index in [0.29, 0.717) is 0 Å². The van der Waals surface area contributed by atoms with Crippen molar-refractivity contribution in [1.82, 2.24) is 98.9 Å². The molecule has 0 N–H and O–H groups in total. The Bertz CT molecular complexity index is 7300. The van der Waals surface area contributed by atoms with Crippen LogP contribution >= 0.6 is 0 Å². The lowest BCUT2D eigenvalue weighted by molar-refractivity contribution is 0.560. The van der Waals surface area contributed by atoms with Gasteiger partial charge in [0.25, 0.3) is 0 Å². The summed E-state index contributed by atoms with van der Waals surface area (Å²) in [5.74, 6) is 34.6. The van der Waals surface area contributed by atoms with Gasteiger partial charge in [-0.3, -0.25) is 4.57 Å². The maximum Gasteiger partial charge on any atom is 0.517 e. The van der Waals surface area contributed by atoms with Crippen LogP contribution in [0.3, 0.4) is 0 Å². The smallest absolute Gasteiger partial charge is 0.423 e. The number of pyridine rings is 1. The van der Waals surface area contributed by atoms with Crippen LogP contribution in [-0.4, -0.2) is 223 Å². The van der Waals surface area contributed by atoms with Crippen LogP contribution < -0.4 is 0 Å². The second-order valence-corrected chi connectivity index (χ2v) is 39.2. The molecule has 32 rings (SSSR count). The third-order valence-electron chi connectivity index (χ3n) is 31.4. The molecule has 4 fully saturated rings. The van der Waals surface area contributed by atoms with E-state index in [0.717, 1.165) is 17.0 Å². The Balaban J connectivity index is 0.0000000930. The van der Waals surface area contributed by atoms with Crippen LogP contribution in [0.25, 0.3) is 110 Å². The molecule has 0 atom stereocenters. The predicted molar refractivity (Wildman–Crippen MR) is 629 cm³/mol. The molecule has 23 nitrogen and oxygen atoms in total. The first-order valence-electron chi connectivity index (χ1n) is 51.2. The number of rotatable bonds is 4. The molecule has 0 spiro atoms. The lowest BCUT2D eigenvalue weighted by Crippen LogP contribution is -2.73. The number of hydrogen-bond acceptors (Lipinski definition) is 19. The van der Waals surface area contributed by atoms with Crippen molar-refractivity contribution in [3.63, 3.8) is 0 Å². The van der Waals surface area contributed by atoms with Crippen molar-refractivity contribution >= 4 is 234 Å². The minimum Gasteiger partial charge on any atom is -0.423 e. The van der Waals surface area contributed by atoms with Gasteiger partial charge in [-0.05, 0) is 263 Å². The van der Waals surface area contributed by atoms with Gasteiger partial charge in [-0.2, -0.15) is 0 Å². The molecule has 25 heterocycles. The Labute approximate surface area is 866 Å². The lowest BCUT2D eigenvalue weighted by Gasteiger charge is -2.53. The van der Waals surface area contributed by atoms with Crippen LogP contribution in [0.4, 0.5) is 0 Å². The number of hydrazone groups is 1. The molecule has 0 saturated carbocycles. The molecule has 0 amide bonds. The first-order valence-corrected chi connectivity index (χ1v) is 51.2. The summed E-state index contributed by atoms with van der Waals surface area (Å²) in [6.07, 6.45) is 94.9. The van der Waals surface area contributed by atoms with Crippen LogP contribution in [-0.2, 0) is 0 Å². The number of allylic oxidation sites excluding steroid dienone is 30. The number of fused-ring (bicyclic) bond motifs is 44. The van der Waals surface area contributed by atoms with Crippen LogP contribution in [0.2, 0.25) is 0 Å². The summed E-state index contributed by atoms with van der Waals surface area (Å²) in [7, 11) is -0.272. The zero-order valence-electron chi connectivity index (χ0n) is 80.9. The van der Waals surface area contributed by atoms with Gasteiger partial charge >= 0.3 is 112 Å². The molecule has 12 aromatic rings. The monoisotopic (exact) mass is 1900 g/mol. The van der Waals surface area contributed by atoms with Crippen LogP contribution in [0.15, 0.2) is 539 Å². The standard InChI is InChI=1S/2C28H23B4N5.C27H22B4N6.C26H21B4N7/c2*1-3-13-27-25(11-1)26-12-2-4-14-28(26)37(27)24-15-22-36-31-18-6-9-20-34(31)29-16-5-8-19-33(29)30-17-7-10-21-35(30)32(36)23-24;1-2-12-26-24(10-1)25-11-9-17-32-27(25)37(26)23-13-21-36-30-16-4-7-19-34(30)28-14-3-6-18-33(28)29-15-5-8-20-35(29)31(36)22-23;1-3-11-25-23(9-1)24-10-2-4-12-26(24)36(25)22-13-20-34-27-14-5-6-18-33(27)28-15-7-17-32-37(28)30-31-16-8-19-35(30)29(34)21-22/h2*1-23H;1-22H;1-21H. The summed E-state index contributed by atoms with van der Waals surface area (Å²) in [5.41, 5.74) is 14.1. The number of hydrogen-bond donors (Lipinski definition) is 0. The summed E-state index contributed by atoms with van der Waals surface area (Å²) in [6.45, 7) is 0.791. The molecule has 7 aromatic carbocycles. The molecule has 0 aliphatic carbocycles. The van der Waals surface area contributed by atoms with Gasteiger partial charge in [0.15, 0.2) is 0 Å². The molecule has 0 bridgehead atoms. The number of benzene rings is 7. The molecule has 20 aliphatic heterocycles. The van der Waals surface area contributed by atoms with E-state index in [-0.39, 0.29) is 112 Å². The fraction of sp³-hybridized carbons (Fsp3) is 0. The SMILES string of the molecule is C1=CB2N(C=C1)B1C=CC=CN1B1C=C(n3c4ccccc4c4ccccc43)C=CN1B1C=CC=CN21.C1=CB2N(C=C1)B1C=CC=CN1B1C=C(n3c4ccccc4c4ccccc43)C=CN1B1C=CC=CN21.C1=CB2N(C=C1)B1C=CC=CN1B1C=C(n3c4ccccc4c4cccnc43)C=CN1B1C=CC=CN21.C1=CB2N3C=CC(n4c5ccccc5c5ccccc54)=CB3N3C=CC=NB3N3N=CC=CB3N2C=C1. The first-order chi connectivity index (χ1) is 73.5. The van der Waals surface area contributed by atoms with Crippen molar-refractivity contribution in [2.75, 3.05) is 0 Å². The molecule has 5 aromatic heterocycles. The Morgan fingerprint density at radius 3 is 0.696 bits per heavy atom. The van der Waals surface area contributed by atoms with E-state index in [9.17, 15) is 0 Å². The molecule has 688 valence electrons.